The van der Waals surface area contributed by atoms with Crippen molar-refractivity contribution < 1.29 is 0 Å². The molecule has 0 saturated carbocycles. The van der Waals surface area contributed by atoms with E-state index >= 15 is 0 Å². The average molecular weight is 299 g/mol. The van der Waals surface area contributed by atoms with E-state index in [2.05, 4.69) is 69.6 Å². The maximum Gasteiger partial charge on any atom is 0.0503 e. The standard InChI is InChI=1S/C12H26S4/c1-4-5-6-7-12(15-8-10(2)13)16-9-11(3)14/h10-14H,4-9H2,1-3H3. The lowest BCUT2D eigenvalue weighted by molar-refractivity contribution is 0.696. The summed E-state index contributed by atoms with van der Waals surface area (Å²) >= 11 is 13.0. The van der Waals surface area contributed by atoms with Crippen LogP contribution in [0.4, 0.5) is 0 Å². The van der Waals surface area contributed by atoms with Crippen molar-refractivity contribution in [3.63, 3.8) is 0 Å². The van der Waals surface area contributed by atoms with Crippen LogP contribution in [0.15, 0.2) is 0 Å². The Bertz CT molecular complexity index is 136. The van der Waals surface area contributed by atoms with Crippen molar-refractivity contribution in [3.8, 4) is 0 Å². The summed E-state index contributed by atoms with van der Waals surface area (Å²) in [5.74, 6) is 2.32. The van der Waals surface area contributed by atoms with Crippen LogP contribution in [0, 0.1) is 0 Å². The third-order valence-corrected chi connectivity index (χ3v) is 6.37. The van der Waals surface area contributed by atoms with Crippen LogP contribution < -0.4 is 0 Å². The molecule has 0 aromatic heterocycles. The van der Waals surface area contributed by atoms with Gasteiger partial charge in [-0.05, 0) is 6.42 Å². The molecule has 0 heterocycles. The largest absolute Gasteiger partial charge is 0.175 e. The molecule has 2 atom stereocenters. The highest BCUT2D eigenvalue weighted by Gasteiger charge is 2.11. The van der Waals surface area contributed by atoms with Crippen molar-refractivity contribution in [2.24, 2.45) is 0 Å². The highest BCUT2D eigenvalue weighted by molar-refractivity contribution is 8.17. The predicted molar refractivity (Wildman–Crippen MR) is 89.7 cm³/mol. The van der Waals surface area contributed by atoms with Gasteiger partial charge in [0.1, 0.15) is 0 Å². The predicted octanol–water partition coefficient (Wildman–Crippen LogP) is 5.00. The molecular weight excluding hydrogens is 272 g/mol. The molecule has 0 bridgehead atoms. The second kappa shape index (κ2) is 11.5. The van der Waals surface area contributed by atoms with Gasteiger partial charge in [0.2, 0.25) is 0 Å². The smallest absolute Gasteiger partial charge is 0.0503 e. The lowest BCUT2D eigenvalue weighted by Gasteiger charge is -2.18. The van der Waals surface area contributed by atoms with E-state index in [1.165, 1.54) is 25.7 Å². The second-order valence-corrected chi connectivity index (χ2v) is 8.82. The topological polar surface area (TPSA) is 0 Å². The van der Waals surface area contributed by atoms with Crippen LogP contribution in [0.1, 0.15) is 46.5 Å². The number of hydrogen-bond donors (Lipinski definition) is 2. The minimum atomic E-state index is 0.507. The highest BCUT2D eigenvalue weighted by Crippen LogP contribution is 2.30. The van der Waals surface area contributed by atoms with Gasteiger partial charge in [-0.3, -0.25) is 0 Å². The molecule has 0 aromatic carbocycles. The molecule has 2 unspecified atom stereocenters. The van der Waals surface area contributed by atoms with Crippen LogP contribution in [0.3, 0.4) is 0 Å². The van der Waals surface area contributed by atoms with Gasteiger partial charge in [-0.1, -0.05) is 40.0 Å². The molecule has 0 amide bonds. The summed E-state index contributed by atoms with van der Waals surface area (Å²) in [6.45, 7) is 6.61. The molecule has 4 heteroatoms. The Labute approximate surface area is 121 Å². The number of thiol groups is 2. The van der Waals surface area contributed by atoms with Crippen molar-refractivity contribution in [1.82, 2.24) is 0 Å². The van der Waals surface area contributed by atoms with Crippen LogP contribution in [0.2, 0.25) is 0 Å². The Hall–Kier alpha value is 1.40. The van der Waals surface area contributed by atoms with Crippen molar-refractivity contribution in [1.29, 1.82) is 0 Å². The minimum Gasteiger partial charge on any atom is -0.175 e. The zero-order chi connectivity index (χ0) is 12.4. The fourth-order valence-electron chi connectivity index (χ4n) is 1.27. The summed E-state index contributed by atoms with van der Waals surface area (Å²) in [7, 11) is 0. The first-order chi connectivity index (χ1) is 7.56. The summed E-state index contributed by atoms with van der Waals surface area (Å²) in [4.78, 5) is 0. The van der Waals surface area contributed by atoms with Gasteiger partial charge >= 0.3 is 0 Å². The number of unbranched alkanes of at least 4 members (excludes halogenated alkanes) is 2. The Kier molecular flexibility index (Phi) is 12.5. The van der Waals surface area contributed by atoms with E-state index in [1.54, 1.807) is 0 Å². The van der Waals surface area contributed by atoms with Crippen LogP contribution in [0.5, 0.6) is 0 Å². The molecule has 0 N–H and O–H groups in total. The third-order valence-electron chi connectivity index (χ3n) is 2.09. The molecule has 0 radical (unpaired) electrons. The molecule has 0 spiro atoms. The zero-order valence-electron chi connectivity index (χ0n) is 10.7. The second-order valence-electron chi connectivity index (χ2n) is 4.29. The summed E-state index contributed by atoms with van der Waals surface area (Å²) in [5.41, 5.74) is 0. The van der Waals surface area contributed by atoms with Crippen LogP contribution in [0.25, 0.3) is 0 Å². The molecular formula is C12H26S4. The Morgan fingerprint density at radius 2 is 1.44 bits per heavy atom. The SMILES string of the molecule is CCCCCC(SCC(C)S)SCC(C)S. The third kappa shape index (κ3) is 11.9. The monoisotopic (exact) mass is 298 g/mol. The van der Waals surface area contributed by atoms with E-state index in [0.29, 0.717) is 10.5 Å². The summed E-state index contributed by atoms with van der Waals surface area (Å²) in [6.07, 6.45) is 5.38. The molecule has 0 aromatic rings. The van der Waals surface area contributed by atoms with Crippen LogP contribution in [-0.4, -0.2) is 26.6 Å². The molecule has 0 nitrogen and oxygen atoms in total. The van der Waals surface area contributed by atoms with Gasteiger partial charge in [-0.2, -0.15) is 25.3 Å². The van der Waals surface area contributed by atoms with E-state index in [1.807, 2.05) is 0 Å². The fourth-order valence-corrected chi connectivity index (χ4v) is 4.29. The molecule has 0 aliphatic heterocycles. The minimum absolute atomic E-state index is 0.507. The first-order valence-corrected chi connectivity index (χ1v) is 9.28. The Morgan fingerprint density at radius 3 is 1.81 bits per heavy atom. The number of hydrogen-bond acceptors (Lipinski definition) is 4. The van der Waals surface area contributed by atoms with Gasteiger partial charge in [-0.25, -0.2) is 0 Å². The first-order valence-electron chi connectivity index (χ1n) is 6.15. The van der Waals surface area contributed by atoms with Gasteiger partial charge in [0.25, 0.3) is 0 Å². The number of rotatable bonds is 10. The van der Waals surface area contributed by atoms with Crippen molar-refractivity contribution in [2.45, 2.75) is 61.5 Å². The molecule has 98 valence electrons. The van der Waals surface area contributed by atoms with Gasteiger partial charge < -0.3 is 0 Å². The Morgan fingerprint density at radius 1 is 0.938 bits per heavy atom. The van der Waals surface area contributed by atoms with Gasteiger partial charge in [-0.15, -0.1) is 23.5 Å². The van der Waals surface area contributed by atoms with Gasteiger partial charge in [0, 0.05) is 22.0 Å². The lowest BCUT2D eigenvalue weighted by Crippen LogP contribution is -2.07. The molecule has 0 aliphatic rings. The van der Waals surface area contributed by atoms with E-state index in [0.717, 1.165) is 16.1 Å². The fraction of sp³-hybridized carbons (Fsp3) is 1.00. The quantitative estimate of drug-likeness (QED) is 0.331. The molecule has 16 heavy (non-hydrogen) atoms. The molecule has 0 rings (SSSR count). The van der Waals surface area contributed by atoms with E-state index in [4.69, 9.17) is 0 Å². The normalized spacial score (nSPS) is 17.1. The Balaban J connectivity index is 3.76. The maximum absolute atomic E-state index is 4.45. The maximum atomic E-state index is 4.45. The lowest BCUT2D eigenvalue weighted by atomic mass is 10.2. The van der Waals surface area contributed by atoms with Crippen LogP contribution >= 0.6 is 48.8 Å². The van der Waals surface area contributed by atoms with Crippen molar-refractivity contribution in [3.05, 3.63) is 0 Å². The van der Waals surface area contributed by atoms with Crippen molar-refractivity contribution >= 4 is 48.8 Å². The van der Waals surface area contributed by atoms with Gasteiger partial charge in [0.05, 0.1) is 4.58 Å². The van der Waals surface area contributed by atoms with Gasteiger partial charge in [0.15, 0.2) is 0 Å². The first kappa shape index (κ1) is 17.4. The summed E-state index contributed by atoms with van der Waals surface area (Å²) < 4.78 is 0.746. The zero-order valence-corrected chi connectivity index (χ0v) is 14.1. The molecule has 0 aliphatic carbocycles. The highest BCUT2D eigenvalue weighted by atomic mass is 32.2. The summed E-state index contributed by atoms with van der Waals surface area (Å²) in [5, 5.41) is 1.01. The van der Waals surface area contributed by atoms with E-state index < -0.39 is 0 Å². The summed E-state index contributed by atoms with van der Waals surface area (Å²) in [6, 6.07) is 0. The molecule has 0 saturated heterocycles. The van der Waals surface area contributed by atoms with E-state index in [9.17, 15) is 0 Å². The number of thioether (sulfide) groups is 2. The molecule has 0 fully saturated rings. The average Bonchev–Trinajstić information content (AvgIpc) is 2.21. The van der Waals surface area contributed by atoms with E-state index in [-0.39, 0.29) is 0 Å². The van der Waals surface area contributed by atoms with Crippen molar-refractivity contribution in [2.75, 3.05) is 11.5 Å². The van der Waals surface area contributed by atoms with Crippen LogP contribution in [-0.2, 0) is 0 Å².